The van der Waals surface area contributed by atoms with Crippen LogP contribution in [0.1, 0.15) is 50.5 Å². The van der Waals surface area contributed by atoms with E-state index >= 15 is 0 Å². The molecule has 0 spiro atoms. The third kappa shape index (κ3) is 8.52. The molecule has 4 rings (SSSR count). The fraction of sp³-hybridized carbons (Fsp3) is 0.600. The molecule has 0 atom stereocenters. The number of ether oxygens (including phenoxy) is 1. The predicted octanol–water partition coefficient (Wildman–Crippen LogP) is 5.57. The number of hydrogen-bond donors (Lipinski definition) is 1. The van der Waals surface area contributed by atoms with Gasteiger partial charge in [0.1, 0.15) is 12.4 Å². The van der Waals surface area contributed by atoms with Gasteiger partial charge in [-0.05, 0) is 108 Å². The van der Waals surface area contributed by atoms with Crippen molar-refractivity contribution < 1.29 is 4.74 Å². The Labute approximate surface area is 213 Å². The van der Waals surface area contributed by atoms with Crippen LogP contribution < -0.4 is 10.1 Å². The molecular formula is C30H46N4O. The molecule has 2 aromatic carbocycles. The van der Waals surface area contributed by atoms with Crippen molar-refractivity contribution in [1.29, 1.82) is 0 Å². The summed E-state index contributed by atoms with van der Waals surface area (Å²) in [5, 5.41) is 3.68. The van der Waals surface area contributed by atoms with E-state index in [0.717, 1.165) is 37.7 Å². The van der Waals surface area contributed by atoms with E-state index in [0.29, 0.717) is 0 Å². The standard InChI is InChI=1S/C30H46N4O/c1-32(2)25-26-10-12-27(13-11-26)28-14-15-29(31-16-9-21-33-17-5-3-6-18-33)30(24-28)35-23-22-34-19-7-4-8-20-34/h10-15,24,31H,3-9,16-23,25H2,1-2H3. The summed E-state index contributed by atoms with van der Waals surface area (Å²) < 4.78 is 6.40. The topological polar surface area (TPSA) is 31.0 Å². The average molecular weight is 479 g/mol. The number of rotatable bonds is 12. The zero-order chi connectivity index (χ0) is 24.3. The van der Waals surface area contributed by atoms with Gasteiger partial charge in [0.25, 0.3) is 0 Å². The van der Waals surface area contributed by atoms with Gasteiger partial charge in [0.15, 0.2) is 0 Å². The molecule has 0 aliphatic carbocycles. The molecule has 2 aromatic rings. The van der Waals surface area contributed by atoms with Crippen molar-refractivity contribution in [3.05, 3.63) is 48.0 Å². The third-order valence-corrected chi connectivity index (χ3v) is 7.30. The van der Waals surface area contributed by atoms with Crippen LogP contribution in [0.4, 0.5) is 5.69 Å². The minimum Gasteiger partial charge on any atom is -0.490 e. The Bertz CT molecular complexity index is 870. The molecule has 2 aliphatic rings. The first kappa shape index (κ1) is 26.0. The molecule has 35 heavy (non-hydrogen) atoms. The van der Waals surface area contributed by atoms with E-state index in [1.165, 1.54) is 94.4 Å². The lowest BCUT2D eigenvalue weighted by molar-refractivity contribution is 0.184. The summed E-state index contributed by atoms with van der Waals surface area (Å²) in [5.41, 5.74) is 4.91. The van der Waals surface area contributed by atoms with Gasteiger partial charge in [-0.15, -0.1) is 0 Å². The van der Waals surface area contributed by atoms with Crippen molar-refractivity contribution in [2.45, 2.75) is 51.5 Å². The lowest BCUT2D eigenvalue weighted by atomic mass is 10.0. The Morgan fingerprint density at radius 1 is 0.771 bits per heavy atom. The lowest BCUT2D eigenvalue weighted by Crippen LogP contribution is -2.33. The van der Waals surface area contributed by atoms with E-state index in [-0.39, 0.29) is 0 Å². The molecule has 0 amide bonds. The molecule has 2 saturated heterocycles. The van der Waals surface area contributed by atoms with Gasteiger partial charge in [0.05, 0.1) is 5.69 Å². The maximum absolute atomic E-state index is 6.40. The molecule has 5 heteroatoms. The second-order valence-corrected chi connectivity index (χ2v) is 10.6. The summed E-state index contributed by atoms with van der Waals surface area (Å²) in [5.74, 6) is 0.981. The smallest absolute Gasteiger partial charge is 0.143 e. The molecule has 0 aromatic heterocycles. The Hall–Kier alpha value is -2.08. The monoisotopic (exact) mass is 478 g/mol. The lowest BCUT2D eigenvalue weighted by Gasteiger charge is -2.27. The summed E-state index contributed by atoms with van der Waals surface area (Å²) in [6.45, 7) is 9.86. The van der Waals surface area contributed by atoms with Crippen LogP contribution in [0.15, 0.2) is 42.5 Å². The second kappa shape index (κ2) is 13.9. The van der Waals surface area contributed by atoms with E-state index in [1.807, 2.05) is 0 Å². The number of piperidine rings is 2. The number of benzene rings is 2. The largest absolute Gasteiger partial charge is 0.490 e. The first-order valence-corrected chi connectivity index (χ1v) is 13.9. The van der Waals surface area contributed by atoms with Gasteiger partial charge >= 0.3 is 0 Å². The Morgan fingerprint density at radius 2 is 1.40 bits per heavy atom. The summed E-state index contributed by atoms with van der Waals surface area (Å²) in [6.07, 6.45) is 9.31. The normalized spacial score (nSPS) is 17.6. The SMILES string of the molecule is CN(C)Cc1ccc(-c2ccc(NCCCN3CCCCC3)c(OCCN3CCCCC3)c2)cc1. The highest BCUT2D eigenvalue weighted by Gasteiger charge is 2.13. The van der Waals surface area contributed by atoms with Gasteiger partial charge in [-0.3, -0.25) is 4.90 Å². The first-order valence-electron chi connectivity index (χ1n) is 13.9. The molecule has 1 N–H and O–H groups in total. The van der Waals surface area contributed by atoms with E-state index in [9.17, 15) is 0 Å². The van der Waals surface area contributed by atoms with Crippen LogP contribution >= 0.6 is 0 Å². The molecule has 5 nitrogen and oxygen atoms in total. The number of likely N-dealkylation sites (tertiary alicyclic amines) is 2. The summed E-state index contributed by atoms with van der Waals surface area (Å²) in [6, 6.07) is 15.6. The minimum atomic E-state index is 0.744. The number of nitrogens with zero attached hydrogens (tertiary/aromatic N) is 3. The van der Waals surface area contributed by atoms with E-state index < -0.39 is 0 Å². The van der Waals surface area contributed by atoms with Crippen molar-refractivity contribution in [2.75, 3.05) is 71.8 Å². The fourth-order valence-corrected chi connectivity index (χ4v) is 5.31. The number of nitrogens with one attached hydrogen (secondary N) is 1. The highest BCUT2D eigenvalue weighted by Crippen LogP contribution is 2.31. The maximum Gasteiger partial charge on any atom is 0.143 e. The molecule has 0 bridgehead atoms. The van der Waals surface area contributed by atoms with Crippen LogP contribution in [0, 0.1) is 0 Å². The zero-order valence-corrected chi connectivity index (χ0v) is 22.1. The highest BCUT2D eigenvalue weighted by atomic mass is 16.5. The van der Waals surface area contributed by atoms with Gasteiger partial charge in [0, 0.05) is 19.6 Å². The summed E-state index contributed by atoms with van der Waals surface area (Å²) in [7, 11) is 4.22. The average Bonchev–Trinajstić information content (AvgIpc) is 2.88. The quantitative estimate of drug-likeness (QED) is 0.403. The number of anilines is 1. The fourth-order valence-electron chi connectivity index (χ4n) is 5.31. The highest BCUT2D eigenvalue weighted by molar-refractivity contribution is 5.71. The second-order valence-electron chi connectivity index (χ2n) is 10.6. The minimum absolute atomic E-state index is 0.744. The van der Waals surface area contributed by atoms with Crippen molar-refractivity contribution in [3.63, 3.8) is 0 Å². The van der Waals surface area contributed by atoms with E-state index in [2.05, 4.69) is 76.6 Å². The molecular weight excluding hydrogens is 432 g/mol. The van der Waals surface area contributed by atoms with Gasteiger partial charge in [-0.1, -0.05) is 43.2 Å². The molecule has 0 radical (unpaired) electrons. The van der Waals surface area contributed by atoms with Crippen molar-refractivity contribution in [2.24, 2.45) is 0 Å². The van der Waals surface area contributed by atoms with Crippen molar-refractivity contribution in [1.82, 2.24) is 14.7 Å². The van der Waals surface area contributed by atoms with Crippen LogP contribution in [0.5, 0.6) is 5.75 Å². The summed E-state index contributed by atoms with van der Waals surface area (Å²) in [4.78, 5) is 7.36. The molecule has 192 valence electrons. The number of hydrogen-bond acceptors (Lipinski definition) is 5. The Morgan fingerprint density at radius 3 is 2.06 bits per heavy atom. The molecule has 0 unspecified atom stereocenters. The zero-order valence-electron chi connectivity index (χ0n) is 22.1. The molecule has 0 saturated carbocycles. The molecule has 2 heterocycles. The first-order chi connectivity index (χ1) is 17.2. The maximum atomic E-state index is 6.40. The van der Waals surface area contributed by atoms with Crippen LogP contribution in [-0.2, 0) is 6.54 Å². The van der Waals surface area contributed by atoms with Gasteiger partial charge in [-0.25, -0.2) is 0 Å². The third-order valence-electron chi connectivity index (χ3n) is 7.30. The van der Waals surface area contributed by atoms with Gasteiger partial charge in [-0.2, -0.15) is 0 Å². The van der Waals surface area contributed by atoms with Crippen molar-refractivity contribution in [3.8, 4) is 16.9 Å². The van der Waals surface area contributed by atoms with E-state index in [1.54, 1.807) is 0 Å². The predicted molar refractivity (Wildman–Crippen MR) is 148 cm³/mol. The molecule has 2 fully saturated rings. The van der Waals surface area contributed by atoms with Crippen LogP contribution in [0.3, 0.4) is 0 Å². The summed E-state index contributed by atoms with van der Waals surface area (Å²) >= 11 is 0. The molecule has 2 aliphatic heterocycles. The van der Waals surface area contributed by atoms with Crippen LogP contribution in [-0.4, -0.2) is 81.2 Å². The Balaban J connectivity index is 1.38. The van der Waals surface area contributed by atoms with Gasteiger partial charge in [0.2, 0.25) is 0 Å². The van der Waals surface area contributed by atoms with Crippen LogP contribution in [0.25, 0.3) is 11.1 Å². The van der Waals surface area contributed by atoms with E-state index in [4.69, 9.17) is 4.74 Å². The van der Waals surface area contributed by atoms with Gasteiger partial charge < -0.3 is 19.9 Å². The van der Waals surface area contributed by atoms with Crippen molar-refractivity contribution >= 4 is 5.69 Å². The Kier molecular flexibility index (Phi) is 10.3. The van der Waals surface area contributed by atoms with Crippen LogP contribution in [0.2, 0.25) is 0 Å².